The molecule has 0 saturated carbocycles. The first-order valence-corrected chi connectivity index (χ1v) is 7.69. The summed E-state index contributed by atoms with van der Waals surface area (Å²) in [4.78, 5) is 0. The second-order valence-electron chi connectivity index (χ2n) is 4.46. The van der Waals surface area contributed by atoms with Crippen molar-refractivity contribution in [1.82, 2.24) is 4.72 Å². The molecule has 0 aromatic heterocycles. The SMILES string of the molecule is CCCCCCC(C)NS(=O)(=O)C(C)CN. The molecular formula is C11H26N2O2S. The quantitative estimate of drug-likeness (QED) is 0.611. The smallest absolute Gasteiger partial charge is 0.215 e. The molecule has 0 aliphatic rings. The summed E-state index contributed by atoms with van der Waals surface area (Å²) in [6, 6.07) is 0.0101. The van der Waals surface area contributed by atoms with E-state index in [2.05, 4.69) is 11.6 Å². The average Bonchev–Trinajstić information content (AvgIpc) is 2.22. The van der Waals surface area contributed by atoms with Crippen molar-refractivity contribution in [3.63, 3.8) is 0 Å². The first-order valence-electron chi connectivity index (χ1n) is 6.15. The summed E-state index contributed by atoms with van der Waals surface area (Å²) < 4.78 is 26.0. The molecule has 0 radical (unpaired) electrons. The monoisotopic (exact) mass is 250 g/mol. The van der Waals surface area contributed by atoms with Gasteiger partial charge in [0.15, 0.2) is 0 Å². The van der Waals surface area contributed by atoms with Crippen molar-refractivity contribution < 1.29 is 8.42 Å². The van der Waals surface area contributed by atoms with Crippen molar-refractivity contribution in [3.05, 3.63) is 0 Å². The Bertz CT molecular complexity index is 265. The third kappa shape index (κ3) is 6.45. The highest BCUT2D eigenvalue weighted by Gasteiger charge is 2.20. The maximum atomic E-state index is 11.7. The van der Waals surface area contributed by atoms with E-state index in [1.54, 1.807) is 6.92 Å². The Labute approximate surface area is 100 Å². The second-order valence-corrected chi connectivity index (χ2v) is 6.59. The molecule has 2 unspecified atom stereocenters. The van der Waals surface area contributed by atoms with Crippen molar-refractivity contribution in [1.29, 1.82) is 0 Å². The summed E-state index contributed by atoms with van der Waals surface area (Å²) in [6.45, 7) is 5.87. The van der Waals surface area contributed by atoms with Crippen LogP contribution >= 0.6 is 0 Å². The van der Waals surface area contributed by atoms with Crippen LogP contribution in [0.25, 0.3) is 0 Å². The van der Waals surface area contributed by atoms with Gasteiger partial charge < -0.3 is 5.73 Å². The molecule has 0 heterocycles. The van der Waals surface area contributed by atoms with Crippen molar-refractivity contribution in [2.45, 2.75) is 64.2 Å². The molecule has 0 aliphatic heterocycles. The van der Waals surface area contributed by atoms with Crippen LogP contribution in [0.3, 0.4) is 0 Å². The number of nitrogens with one attached hydrogen (secondary N) is 1. The van der Waals surface area contributed by atoms with E-state index in [0.29, 0.717) is 0 Å². The minimum atomic E-state index is -3.23. The summed E-state index contributed by atoms with van der Waals surface area (Å²) >= 11 is 0. The highest BCUT2D eigenvalue weighted by Crippen LogP contribution is 2.07. The molecule has 98 valence electrons. The second kappa shape index (κ2) is 8.03. The first kappa shape index (κ1) is 15.9. The van der Waals surface area contributed by atoms with Gasteiger partial charge in [-0.15, -0.1) is 0 Å². The molecule has 0 fully saturated rings. The Morgan fingerprint density at radius 1 is 1.19 bits per heavy atom. The molecule has 0 aromatic rings. The summed E-state index contributed by atoms with van der Waals surface area (Å²) in [6.07, 6.45) is 5.57. The zero-order chi connectivity index (χ0) is 12.6. The molecule has 3 N–H and O–H groups in total. The molecule has 0 bridgehead atoms. The zero-order valence-corrected chi connectivity index (χ0v) is 11.5. The fraction of sp³-hybridized carbons (Fsp3) is 1.00. The lowest BCUT2D eigenvalue weighted by atomic mass is 10.1. The van der Waals surface area contributed by atoms with Gasteiger partial charge in [-0.25, -0.2) is 13.1 Å². The minimum Gasteiger partial charge on any atom is -0.329 e. The van der Waals surface area contributed by atoms with Gasteiger partial charge in [-0.05, 0) is 20.3 Å². The molecule has 5 heteroatoms. The van der Waals surface area contributed by atoms with Gasteiger partial charge in [0.2, 0.25) is 10.0 Å². The molecule has 0 aliphatic carbocycles. The summed E-state index contributed by atoms with van der Waals surface area (Å²) in [5, 5.41) is -0.509. The summed E-state index contributed by atoms with van der Waals surface area (Å²) in [7, 11) is -3.23. The number of sulfonamides is 1. The Morgan fingerprint density at radius 2 is 1.81 bits per heavy atom. The molecular weight excluding hydrogens is 224 g/mol. The molecule has 4 nitrogen and oxygen atoms in total. The van der Waals surface area contributed by atoms with E-state index in [1.165, 1.54) is 19.3 Å². The van der Waals surface area contributed by atoms with Crippen molar-refractivity contribution in [2.75, 3.05) is 6.54 Å². The number of hydrogen-bond donors (Lipinski definition) is 2. The maximum absolute atomic E-state index is 11.7. The van der Waals surface area contributed by atoms with E-state index in [1.807, 2.05) is 6.92 Å². The van der Waals surface area contributed by atoms with E-state index >= 15 is 0 Å². The van der Waals surface area contributed by atoms with E-state index in [4.69, 9.17) is 5.73 Å². The van der Waals surface area contributed by atoms with Crippen LogP contribution in [-0.4, -0.2) is 26.3 Å². The molecule has 0 saturated heterocycles. The molecule has 0 spiro atoms. The number of unbranched alkanes of at least 4 members (excludes halogenated alkanes) is 3. The van der Waals surface area contributed by atoms with Gasteiger partial charge in [-0.2, -0.15) is 0 Å². The lowest BCUT2D eigenvalue weighted by Gasteiger charge is -2.17. The van der Waals surface area contributed by atoms with Gasteiger partial charge in [0.25, 0.3) is 0 Å². The predicted molar refractivity (Wildman–Crippen MR) is 68.8 cm³/mol. The van der Waals surface area contributed by atoms with Crippen LogP contribution in [0.2, 0.25) is 0 Å². The Hall–Kier alpha value is -0.130. The molecule has 0 amide bonds. The average molecular weight is 250 g/mol. The minimum absolute atomic E-state index is 0.0101. The van der Waals surface area contributed by atoms with Gasteiger partial charge in [0, 0.05) is 12.6 Å². The van der Waals surface area contributed by atoms with E-state index in [9.17, 15) is 8.42 Å². The molecule has 0 rings (SSSR count). The van der Waals surface area contributed by atoms with E-state index in [0.717, 1.165) is 12.8 Å². The highest BCUT2D eigenvalue weighted by atomic mass is 32.2. The van der Waals surface area contributed by atoms with Gasteiger partial charge in [0.1, 0.15) is 0 Å². The lowest BCUT2D eigenvalue weighted by molar-refractivity contribution is 0.515. The molecule has 2 atom stereocenters. The third-order valence-corrected chi connectivity index (χ3v) is 4.70. The van der Waals surface area contributed by atoms with Crippen LogP contribution in [0.1, 0.15) is 52.9 Å². The van der Waals surface area contributed by atoms with Crippen LogP contribution in [-0.2, 0) is 10.0 Å². The lowest BCUT2D eigenvalue weighted by Crippen LogP contribution is -2.41. The zero-order valence-electron chi connectivity index (χ0n) is 10.7. The van der Waals surface area contributed by atoms with Crippen LogP contribution in [0.4, 0.5) is 0 Å². The summed E-state index contributed by atoms with van der Waals surface area (Å²) in [5.74, 6) is 0. The van der Waals surface area contributed by atoms with Crippen LogP contribution in [0, 0.1) is 0 Å². The number of hydrogen-bond acceptors (Lipinski definition) is 3. The van der Waals surface area contributed by atoms with E-state index < -0.39 is 15.3 Å². The van der Waals surface area contributed by atoms with Crippen LogP contribution in [0.5, 0.6) is 0 Å². The Morgan fingerprint density at radius 3 is 2.31 bits per heavy atom. The van der Waals surface area contributed by atoms with Gasteiger partial charge >= 0.3 is 0 Å². The fourth-order valence-electron chi connectivity index (χ4n) is 1.46. The van der Waals surface area contributed by atoms with E-state index in [-0.39, 0.29) is 12.6 Å². The van der Waals surface area contributed by atoms with Crippen molar-refractivity contribution in [2.24, 2.45) is 5.73 Å². The Kier molecular flexibility index (Phi) is 7.97. The Balaban J connectivity index is 3.90. The van der Waals surface area contributed by atoms with Gasteiger partial charge in [0.05, 0.1) is 5.25 Å². The molecule has 16 heavy (non-hydrogen) atoms. The predicted octanol–water partition coefficient (Wildman–Crippen LogP) is 1.61. The van der Waals surface area contributed by atoms with Gasteiger partial charge in [-0.1, -0.05) is 32.6 Å². The highest BCUT2D eigenvalue weighted by molar-refractivity contribution is 7.90. The van der Waals surface area contributed by atoms with Crippen molar-refractivity contribution >= 4 is 10.0 Å². The van der Waals surface area contributed by atoms with Crippen LogP contribution < -0.4 is 10.5 Å². The fourth-order valence-corrected chi connectivity index (χ4v) is 2.62. The largest absolute Gasteiger partial charge is 0.329 e. The maximum Gasteiger partial charge on any atom is 0.215 e. The number of rotatable bonds is 9. The van der Waals surface area contributed by atoms with Crippen molar-refractivity contribution in [3.8, 4) is 0 Å². The topological polar surface area (TPSA) is 72.2 Å². The first-order chi connectivity index (χ1) is 7.44. The van der Waals surface area contributed by atoms with Crippen LogP contribution in [0.15, 0.2) is 0 Å². The third-order valence-electron chi connectivity index (χ3n) is 2.72. The standard InChI is InChI=1S/C11H26N2O2S/c1-4-5-6-7-8-10(2)13-16(14,15)11(3)9-12/h10-11,13H,4-9,12H2,1-3H3. The number of nitrogens with two attached hydrogens (primary N) is 1. The normalized spacial score (nSPS) is 16.0. The molecule has 0 aromatic carbocycles. The summed E-state index contributed by atoms with van der Waals surface area (Å²) in [5.41, 5.74) is 5.35. The van der Waals surface area contributed by atoms with Gasteiger partial charge in [-0.3, -0.25) is 0 Å².